The molecule has 0 saturated heterocycles. The van der Waals surface area contributed by atoms with Crippen LogP contribution in [0, 0.1) is 13.8 Å². The summed E-state index contributed by atoms with van der Waals surface area (Å²) in [6, 6.07) is 2.07. The molecule has 0 saturated carbocycles. The first-order valence-corrected chi connectivity index (χ1v) is 5.60. The zero-order valence-electron chi connectivity index (χ0n) is 9.90. The molecule has 0 spiro atoms. The topological polar surface area (TPSA) is 17.8 Å². The van der Waals surface area contributed by atoms with Gasteiger partial charge in [0, 0.05) is 11.9 Å². The Balaban J connectivity index is 2.44. The summed E-state index contributed by atoms with van der Waals surface area (Å²) in [6.45, 7) is 6.28. The second kappa shape index (κ2) is 6.23. The number of allylic oxidation sites excluding steroid dienone is 3. The van der Waals surface area contributed by atoms with E-state index in [-0.39, 0.29) is 0 Å². The molecule has 1 heterocycles. The number of hydrogen-bond acceptors (Lipinski definition) is 1. The van der Waals surface area contributed by atoms with Crippen molar-refractivity contribution < 1.29 is 0 Å². The molecule has 0 aliphatic rings. The molecular weight excluding hydrogens is 184 g/mol. The Morgan fingerprint density at radius 1 is 1.33 bits per heavy atom. The first-order valence-electron chi connectivity index (χ1n) is 5.60. The Kier molecular flexibility index (Phi) is 4.88. The second-order valence-corrected chi connectivity index (χ2v) is 3.78. The van der Waals surface area contributed by atoms with Crippen LogP contribution < -0.4 is 0 Å². The molecule has 0 bridgehead atoms. The maximum absolute atomic E-state index is 4.34. The number of nitrogens with zero attached hydrogens (tertiary/aromatic N) is 2. The SMILES string of the molecule is CCCC/C=C/C=C\n1nc(C)cc1C. The third kappa shape index (κ3) is 4.15. The Morgan fingerprint density at radius 2 is 2.13 bits per heavy atom. The highest BCUT2D eigenvalue weighted by Gasteiger charge is 1.94. The number of hydrogen-bond donors (Lipinski definition) is 0. The van der Waals surface area contributed by atoms with Gasteiger partial charge in [-0.05, 0) is 32.4 Å². The van der Waals surface area contributed by atoms with Crippen LogP contribution in [0.2, 0.25) is 0 Å². The van der Waals surface area contributed by atoms with E-state index in [0.717, 1.165) is 12.1 Å². The summed E-state index contributed by atoms with van der Waals surface area (Å²) in [5.74, 6) is 0. The minimum atomic E-state index is 1.06. The van der Waals surface area contributed by atoms with Crippen molar-refractivity contribution in [2.24, 2.45) is 0 Å². The average Bonchev–Trinajstić information content (AvgIpc) is 2.51. The van der Waals surface area contributed by atoms with Crippen LogP contribution in [0.1, 0.15) is 37.6 Å². The summed E-state index contributed by atoms with van der Waals surface area (Å²) in [6.07, 6.45) is 12.0. The Bertz CT molecular complexity index is 345. The summed E-state index contributed by atoms with van der Waals surface area (Å²) in [4.78, 5) is 0. The normalized spacial score (nSPS) is 11.9. The summed E-state index contributed by atoms with van der Waals surface area (Å²) < 4.78 is 1.90. The van der Waals surface area contributed by atoms with Gasteiger partial charge in [0.05, 0.1) is 5.69 Å². The van der Waals surface area contributed by atoms with Crippen LogP contribution in [0.5, 0.6) is 0 Å². The number of unbranched alkanes of at least 4 members (excludes halogenated alkanes) is 2. The van der Waals surface area contributed by atoms with E-state index in [4.69, 9.17) is 0 Å². The minimum absolute atomic E-state index is 1.06. The van der Waals surface area contributed by atoms with Gasteiger partial charge in [-0.1, -0.05) is 31.9 Å². The monoisotopic (exact) mass is 204 g/mol. The predicted molar refractivity (Wildman–Crippen MR) is 65.7 cm³/mol. The van der Waals surface area contributed by atoms with Crippen LogP contribution in [-0.4, -0.2) is 9.78 Å². The predicted octanol–water partition coefficient (Wildman–Crippen LogP) is 3.72. The number of aryl methyl sites for hydroxylation is 2. The van der Waals surface area contributed by atoms with E-state index in [9.17, 15) is 0 Å². The Labute approximate surface area is 92.3 Å². The molecule has 1 aromatic rings. The first kappa shape index (κ1) is 11.8. The van der Waals surface area contributed by atoms with Crippen molar-refractivity contribution in [1.29, 1.82) is 0 Å². The molecule has 0 radical (unpaired) electrons. The molecule has 82 valence electrons. The molecule has 0 aliphatic heterocycles. The van der Waals surface area contributed by atoms with Crippen molar-refractivity contribution in [3.05, 3.63) is 35.7 Å². The van der Waals surface area contributed by atoms with Crippen LogP contribution in [0.25, 0.3) is 6.20 Å². The average molecular weight is 204 g/mol. The maximum atomic E-state index is 4.34. The Morgan fingerprint density at radius 3 is 2.73 bits per heavy atom. The molecule has 0 unspecified atom stereocenters. The fraction of sp³-hybridized carbons (Fsp3) is 0.462. The lowest BCUT2D eigenvalue weighted by Gasteiger charge is -1.93. The third-order valence-electron chi connectivity index (χ3n) is 2.24. The van der Waals surface area contributed by atoms with Crippen molar-refractivity contribution in [2.75, 3.05) is 0 Å². The fourth-order valence-electron chi connectivity index (χ4n) is 1.42. The van der Waals surface area contributed by atoms with Crippen molar-refractivity contribution in [3.8, 4) is 0 Å². The van der Waals surface area contributed by atoms with Crippen molar-refractivity contribution in [2.45, 2.75) is 40.0 Å². The van der Waals surface area contributed by atoms with Gasteiger partial charge in [-0.2, -0.15) is 5.10 Å². The molecular formula is C13H20N2. The minimum Gasteiger partial charge on any atom is -0.245 e. The Hall–Kier alpha value is -1.31. The van der Waals surface area contributed by atoms with Gasteiger partial charge < -0.3 is 0 Å². The zero-order chi connectivity index (χ0) is 11.1. The quantitative estimate of drug-likeness (QED) is 0.528. The molecule has 0 atom stereocenters. The van der Waals surface area contributed by atoms with E-state index in [2.05, 4.69) is 37.2 Å². The molecule has 1 rings (SSSR count). The molecule has 0 aromatic carbocycles. The van der Waals surface area contributed by atoms with Gasteiger partial charge in [0.25, 0.3) is 0 Å². The molecule has 0 fully saturated rings. The molecule has 1 aromatic heterocycles. The van der Waals surface area contributed by atoms with Crippen LogP contribution in [0.4, 0.5) is 0 Å². The van der Waals surface area contributed by atoms with E-state index in [1.165, 1.54) is 18.5 Å². The highest BCUT2D eigenvalue weighted by atomic mass is 15.3. The highest BCUT2D eigenvalue weighted by molar-refractivity contribution is 5.29. The lowest BCUT2D eigenvalue weighted by molar-refractivity contribution is 0.815. The van der Waals surface area contributed by atoms with Crippen molar-refractivity contribution in [3.63, 3.8) is 0 Å². The molecule has 2 nitrogen and oxygen atoms in total. The molecule has 2 heteroatoms. The number of rotatable bonds is 5. The lowest BCUT2D eigenvalue weighted by atomic mass is 10.2. The van der Waals surface area contributed by atoms with E-state index in [1.807, 2.05) is 23.9 Å². The smallest absolute Gasteiger partial charge is 0.0600 e. The van der Waals surface area contributed by atoms with E-state index in [0.29, 0.717) is 0 Å². The summed E-state index contributed by atoms with van der Waals surface area (Å²) >= 11 is 0. The van der Waals surface area contributed by atoms with Gasteiger partial charge in [-0.25, -0.2) is 4.68 Å². The van der Waals surface area contributed by atoms with E-state index >= 15 is 0 Å². The van der Waals surface area contributed by atoms with Crippen molar-refractivity contribution >= 4 is 6.20 Å². The number of aromatic nitrogens is 2. The maximum Gasteiger partial charge on any atom is 0.0600 e. The van der Waals surface area contributed by atoms with Gasteiger partial charge in [0.1, 0.15) is 0 Å². The largest absolute Gasteiger partial charge is 0.245 e. The molecule has 0 aliphatic carbocycles. The van der Waals surface area contributed by atoms with Crippen molar-refractivity contribution in [1.82, 2.24) is 9.78 Å². The van der Waals surface area contributed by atoms with Gasteiger partial charge >= 0.3 is 0 Å². The summed E-state index contributed by atoms with van der Waals surface area (Å²) in [7, 11) is 0. The van der Waals surface area contributed by atoms with Gasteiger partial charge in [0.2, 0.25) is 0 Å². The van der Waals surface area contributed by atoms with Crippen LogP contribution in [-0.2, 0) is 0 Å². The first-order chi connectivity index (χ1) is 7.24. The lowest BCUT2D eigenvalue weighted by Crippen LogP contribution is -1.90. The molecule has 0 N–H and O–H groups in total. The summed E-state index contributed by atoms with van der Waals surface area (Å²) in [5.41, 5.74) is 2.23. The van der Waals surface area contributed by atoms with Gasteiger partial charge in [-0.15, -0.1) is 0 Å². The second-order valence-electron chi connectivity index (χ2n) is 3.78. The fourth-order valence-corrected chi connectivity index (χ4v) is 1.42. The molecule has 15 heavy (non-hydrogen) atoms. The van der Waals surface area contributed by atoms with E-state index < -0.39 is 0 Å². The van der Waals surface area contributed by atoms with Gasteiger partial charge in [0.15, 0.2) is 0 Å². The van der Waals surface area contributed by atoms with Crippen LogP contribution in [0.3, 0.4) is 0 Å². The van der Waals surface area contributed by atoms with E-state index in [1.54, 1.807) is 0 Å². The van der Waals surface area contributed by atoms with Gasteiger partial charge in [-0.3, -0.25) is 0 Å². The highest BCUT2D eigenvalue weighted by Crippen LogP contribution is 2.02. The van der Waals surface area contributed by atoms with Crippen LogP contribution >= 0.6 is 0 Å². The van der Waals surface area contributed by atoms with Crippen LogP contribution in [0.15, 0.2) is 24.3 Å². The zero-order valence-corrected chi connectivity index (χ0v) is 9.90. The standard InChI is InChI=1S/C13H20N2/c1-4-5-6-7-8-9-10-15-13(3)11-12(2)14-15/h7-11H,4-6H2,1-3H3/b8-7+,10-9-. The molecule has 0 amide bonds. The summed E-state index contributed by atoms with van der Waals surface area (Å²) in [5, 5.41) is 4.34. The third-order valence-corrected chi connectivity index (χ3v) is 2.24.